The van der Waals surface area contributed by atoms with E-state index in [2.05, 4.69) is 65.1 Å². The average molecular weight is 405 g/mol. The van der Waals surface area contributed by atoms with Gasteiger partial charge in [-0.05, 0) is 42.9 Å². The van der Waals surface area contributed by atoms with Crippen molar-refractivity contribution in [2.45, 2.75) is 45.2 Å². The second-order valence-electron chi connectivity index (χ2n) is 7.49. The van der Waals surface area contributed by atoms with E-state index in [0.29, 0.717) is 18.9 Å². The molecule has 0 spiro atoms. The summed E-state index contributed by atoms with van der Waals surface area (Å²) < 4.78 is 18.2. The third-order valence-corrected chi connectivity index (χ3v) is 5.01. The van der Waals surface area contributed by atoms with Crippen molar-refractivity contribution in [3.8, 4) is 28.3 Å². The summed E-state index contributed by atoms with van der Waals surface area (Å²) in [6.45, 7) is 5.67. The molecule has 2 aromatic carbocycles. The van der Waals surface area contributed by atoms with E-state index in [1.165, 1.54) is 16.7 Å². The molecule has 3 rings (SSSR count). The summed E-state index contributed by atoms with van der Waals surface area (Å²) in [5.74, 6) is 0.493. The second kappa shape index (κ2) is 11.2. The van der Waals surface area contributed by atoms with Gasteiger partial charge < -0.3 is 4.74 Å². The molecular formula is C26H29FN2O. The summed E-state index contributed by atoms with van der Waals surface area (Å²) in [4.78, 5) is 8.70. The Balaban J connectivity index is 1.56. The molecule has 3 nitrogen and oxygen atoms in total. The molecule has 1 heterocycles. The monoisotopic (exact) mass is 404 g/mol. The number of aromatic nitrogens is 2. The number of halogens is 1. The van der Waals surface area contributed by atoms with Gasteiger partial charge >= 0.3 is 0 Å². The molecule has 1 atom stereocenters. The molecule has 0 amide bonds. The number of ether oxygens (including phenoxy) is 1. The van der Waals surface area contributed by atoms with Gasteiger partial charge in [-0.15, -0.1) is 0 Å². The lowest BCUT2D eigenvalue weighted by Gasteiger charge is -2.07. The maximum atomic E-state index is 12.8. The summed E-state index contributed by atoms with van der Waals surface area (Å²) in [6.07, 6.45) is 9.23. The highest BCUT2D eigenvalue weighted by Gasteiger charge is 2.04. The van der Waals surface area contributed by atoms with Gasteiger partial charge in [0, 0.05) is 5.56 Å². The fourth-order valence-corrected chi connectivity index (χ4v) is 3.31. The number of rotatable bonds is 11. The van der Waals surface area contributed by atoms with Crippen LogP contribution in [0.3, 0.4) is 0 Å². The van der Waals surface area contributed by atoms with Gasteiger partial charge in [-0.2, -0.15) is 0 Å². The number of hydrogen-bond donors (Lipinski definition) is 0. The van der Waals surface area contributed by atoms with Crippen molar-refractivity contribution in [2.24, 2.45) is 0 Å². The third-order valence-electron chi connectivity index (χ3n) is 5.01. The first-order valence-electron chi connectivity index (χ1n) is 10.6. The molecule has 0 bridgehead atoms. The first kappa shape index (κ1) is 21.7. The molecule has 0 saturated carbocycles. The van der Waals surface area contributed by atoms with Gasteiger partial charge in [0.2, 0.25) is 5.88 Å². The summed E-state index contributed by atoms with van der Waals surface area (Å²) >= 11 is 0. The highest BCUT2D eigenvalue weighted by molar-refractivity contribution is 5.68. The summed E-state index contributed by atoms with van der Waals surface area (Å²) in [7, 11) is 0. The molecule has 0 saturated heterocycles. The van der Waals surface area contributed by atoms with Crippen LogP contribution in [0.1, 0.15) is 38.2 Å². The first-order chi connectivity index (χ1) is 14.7. The Morgan fingerprint density at radius 3 is 2.17 bits per heavy atom. The second-order valence-corrected chi connectivity index (χ2v) is 7.49. The van der Waals surface area contributed by atoms with Crippen LogP contribution in [0.5, 0.6) is 5.88 Å². The number of nitrogens with zero attached hydrogens (tertiary/aromatic N) is 2. The van der Waals surface area contributed by atoms with E-state index < -0.39 is 6.17 Å². The minimum Gasteiger partial charge on any atom is -0.472 e. The van der Waals surface area contributed by atoms with E-state index in [9.17, 15) is 4.39 Å². The van der Waals surface area contributed by atoms with Crippen molar-refractivity contribution in [3.63, 3.8) is 0 Å². The molecule has 0 aliphatic heterocycles. The smallest absolute Gasteiger partial charge is 0.232 e. The van der Waals surface area contributed by atoms with Crippen LogP contribution >= 0.6 is 0 Å². The molecule has 0 fully saturated rings. The Bertz CT molecular complexity index is 903. The van der Waals surface area contributed by atoms with E-state index in [4.69, 9.17) is 4.74 Å². The Morgan fingerprint density at radius 1 is 0.900 bits per heavy atom. The fraction of sp³-hybridized carbons (Fsp3) is 0.308. The quantitative estimate of drug-likeness (QED) is 0.259. The Hall–Kier alpha value is -3.01. The maximum Gasteiger partial charge on any atom is 0.232 e. The molecule has 1 aromatic heterocycles. The van der Waals surface area contributed by atoms with Crippen molar-refractivity contribution in [2.75, 3.05) is 6.61 Å². The first-order valence-corrected chi connectivity index (χ1v) is 10.6. The largest absolute Gasteiger partial charge is 0.472 e. The van der Waals surface area contributed by atoms with Crippen LogP contribution in [-0.2, 0) is 6.42 Å². The molecule has 156 valence electrons. The van der Waals surface area contributed by atoms with Gasteiger partial charge in [0.1, 0.15) is 6.61 Å². The lowest BCUT2D eigenvalue weighted by atomic mass is 9.99. The molecule has 0 aliphatic carbocycles. The van der Waals surface area contributed by atoms with Crippen LogP contribution in [0.4, 0.5) is 4.39 Å². The zero-order valence-corrected chi connectivity index (χ0v) is 17.6. The molecule has 0 N–H and O–H groups in total. The van der Waals surface area contributed by atoms with Crippen LogP contribution in [0.15, 0.2) is 73.6 Å². The topological polar surface area (TPSA) is 35.0 Å². The summed E-state index contributed by atoms with van der Waals surface area (Å²) in [5.41, 5.74) is 5.51. The van der Waals surface area contributed by atoms with E-state index in [1.807, 2.05) is 0 Å². The predicted molar refractivity (Wildman–Crippen MR) is 121 cm³/mol. The van der Waals surface area contributed by atoms with Gasteiger partial charge in [-0.25, -0.2) is 14.4 Å². The minimum atomic E-state index is -0.682. The number of benzene rings is 2. The highest BCUT2D eigenvalue weighted by atomic mass is 19.1. The molecule has 0 radical (unpaired) electrons. The minimum absolute atomic E-state index is 0.417. The Labute approximate surface area is 178 Å². The SMILES string of the molecule is C=CCOc1cnc(-c2ccc(-c3ccc(CCCCCC(C)F)cc3)cc2)cn1. The van der Waals surface area contributed by atoms with Crippen molar-refractivity contribution >= 4 is 0 Å². The molecule has 0 aliphatic rings. The normalized spacial score (nSPS) is 11.8. The van der Waals surface area contributed by atoms with E-state index in [1.54, 1.807) is 25.4 Å². The third kappa shape index (κ3) is 6.51. The van der Waals surface area contributed by atoms with Crippen molar-refractivity contribution in [1.29, 1.82) is 0 Å². The summed E-state index contributed by atoms with van der Waals surface area (Å²) in [6, 6.07) is 17.0. The van der Waals surface area contributed by atoms with Gasteiger partial charge in [0.05, 0.1) is 24.3 Å². The molecule has 4 heteroatoms. The zero-order chi connectivity index (χ0) is 21.2. The van der Waals surface area contributed by atoms with Crippen molar-refractivity contribution in [3.05, 3.63) is 79.1 Å². The molecule has 3 aromatic rings. The molecule has 30 heavy (non-hydrogen) atoms. The van der Waals surface area contributed by atoms with Crippen LogP contribution in [0.2, 0.25) is 0 Å². The maximum absolute atomic E-state index is 12.8. The van der Waals surface area contributed by atoms with Crippen LogP contribution in [0, 0.1) is 0 Å². The van der Waals surface area contributed by atoms with Gasteiger partial charge in [0.15, 0.2) is 0 Å². The van der Waals surface area contributed by atoms with Crippen LogP contribution in [0.25, 0.3) is 22.4 Å². The van der Waals surface area contributed by atoms with Gasteiger partial charge in [-0.3, -0.25) is 0 Å². The van der Waals surface area contributed by atoms with E-state index in [0.717, 1.165) is 36.9 Å². The van der Waals surface area contributed by atoms with Gasteiger partial charge in [-0.1, -0.05) is 74.0 Å². The number of hydrogen-bond acceptors (Lipinski definition) is 3. The number of alkyl halides is 1. The predicted octanol–water partition coefficient (Wildman–Crippen LogP) is 6.84. The molecular weight excluding hydrogens is 375 g/mol. The fourth-order valence-electron chi connectivity index (χ4n) is 3.31. The van der Waals surface area contributed by atoms with Crippen molar-refractivity contribution < 1.29 is 9.13 Å². The Kier molecular flexibility index (Phi) is 8.13. The van der Waals surface area contributed by atoms with E-state index >= 15 is 0 Å². The van der Waals surface area contributed by atoms with Gasteiger partial charge in [0.25, 0.3) is 0 Å². The number of aryl methyl sites for hydroxylation is 1. The average Bonchev–Trinajstić information content (AvgIpc) is 2.78. The van der Waals surface area contributed by atoms with Crippen LogP contribution < -0.4 is 4.74 Å². The van der Waals surface area contributed by atoms with Crippen molar-refractivity contribution in [1.82, 2.24) is 9.97 Å². The standard InChI is InChI=1S/C26H29FN2O/c1-3-17-30-26-19-28-25(18-29-26)24-15-13-23(14-16-24)22-11-9-21(10-12-22)8-6-4-5-7-20(2)27/h3,9-16,18-20H,1,4-8,17H2,2H3. The highest BCUT2D eigenvalue weighted by Crippen LogP contribution is 2.25. The summed E-state index contributed by atoms with van der Waals surface area (Å²) in [5, 5.41) is 0. The number of unbranched alkanes of at least 4 members (excludes halogenated alkanes) is 2. The molecule has 1 unspecified atom stereocenters. The van der Waals surface area contributed by atoms with Crippen LogP contribution in [-0.4, -0.2) is 22.7 Å². The zero-order valence-electron chi connectivity index (χ0n) is 17.6. The lowest BCUT2D eigenvalue weighted by Crippen LogP contribution is -1.96. The lowest BCUT2D eigenvalue weighted by molar-refractivity contribution is 0.330. The Morgan fingerprint density at radius 2 is 1.57 bits per heavy atom. The van der Waals surface area contributed by atoms with E-state index in [-0.39, 0.29) is 0 Å².